The van der Waals surface area contributed by atoms with E-state index in [9.17, 15) is 14.4 Å². The molecule has 1 rings (SSSR count). The molecule has 108 valence electrons. The molecule has 1 saturated heterocycles. The molecule has 1 heterocycles. The van der Waals surface area contributed by atoms with Crippen molar-refractivity contribution in [2.75, 3.05) is 13.1 Å². The summed E-state index contributed by atoms with van der Waals surface area (Å²) in [6.45, 7) is 8.66. The quantitative estimate of drug-likeness (QED) is 0.801. The number of rotatable bonds is 2. The lowest BCUT2D eigenvalue weighted by Crippen LogP contribution is -2.62. The van der Waals surface area contributed by atoms with E-state index in [4.69, 9.17) is 4.74 Å². The highest BCUT2D eigenvalue weighted by Crippen LogP contribution is 2.13. The summed E-state index contributed by atoms with van der Waals surface area (Å²) in [5, 5.41) is 2.95. The van der Waals surface area contributed by atoms with Crippen LogP contribution in [0.25, 0.3) is 0 Å². The van der Waals surface area contributed by atoms with Crippen molar-refractivity contribution < 1.29 is 19.1 Å². The van der Waals surface area contributed by atoms with Gasteiger partial charge in [0.2, 0.25) is 0 Å². The lowest BCUT2D eigenvalue weighted by atomic mass is 10.0. The van der Waals surface area contributed by atoms with Crippen LogP contribution < -0.4 is 5.32 Å². The van der Waals surface area contributed by atoms with Gasteiger partial charge in [0.05, 0.1) is 12.1 Å². The van der Waals surface area contributed by atoms with Crippen molar-refractivity contribution >= 4 is 17.7 Å². The van der Waals surface area contributed by atoms with Crippen LogP contribution in [-0.2, 0) is 14.3 Å². The number of ether oxygens (including phenoxy) is 1. The topological polar surface area (TPSA) is 75.7 Å². The Hall–Kier alpha value is -1.43. The van der Waals surface area contributed by atoms with E-state index >= 15 is 0 Å². The number of nitrogens with one attached hydrogen (secondary N) is 1. The Morgan fingerprint density at radius 2 is 1.47 bits per heavy atom. The molecule has 0 aliphatic carbocycles. The minimum Gasteiger partial charge on any atom is -0.444 e. The summed E-state index contributed by atoms with van der Waals surface area (Å²) >= 11 is 0. The molecule has 1 aliphatic rings. The number of nitrogens with zero attached hydrogens (tertiary/aromatic N) is 1. The van der Waals surface area contributed by atoms with E-state index in [1.54, 1.807) is 20.8 Å². The van der Waals surface area contributed by atoms with Gasteiger partial charge in [0.25, 0.3) is 0 Å². The van der Waals surface area contributed by atoms with Crippen LogP contribution in [0.15, 0.2) is 0 Å². The second-order valence-electron chi connectivity index (χ2n) is 5.88. The zero-order valence-corrected chi connectivity index (χ0v) is 12.1. The van der Waals surface area contributed by atoms with Gasteiger partial charge in [-0.3, -0.25) is 14.9 Å². The van der Waals surface area contributed by atoms with Gasteiger partial charge in [-0.05, 0) is 34.6 Å². The highest BCUT2D eigenvalue weighted by Gasteiger charge is 2.35. The Morgan fingerprint density at radius 3 is 1.79 bits per heavy atom. The molecule has 1 amide bonds. The zero-order chi connectivity index (χ0) is 14.8. The second-order valence-corrected chi connectivity index (χ2v) is 5.88. The summed E-state index contributed by atoms with van der Waals surface area (Å²) in [5.74, 6) is -0.195. The number of piperazine rings is 1. The van der Waals surface area contributed by atoms with E-state index in [-0.39, 0.29) is 24.7 Å². The SMILES string of the molecule is CC(=O)C1CN(C(=O)OC(C)(C)C)CC(C(C)=O)N1. The molecule has 1 N–H and O–H groups in total. The second kappa shape index (κ2) is 5.69. The lowest BCUT2D eigenvalue weighted by molar-refractivity contribution is -0.123. The number of hydrogen-bond acceptors (Lipinski definition) is 5. The third kappa shape index (κ3) is 4.63. The van der Waals surface area contributed by atoms with Crippen molar-refractivity contribution in [3.05, 3.63) is 0 Å². The molecule has 19 heavy (non-hydrogen) atoms. The number of hydrogen-bond donors (Lipinski definition) is 1. The van der Waals surface area contributed by atoms with Crippen molar-refractivity contribution in [1.29, 1.82) is 0 Å². The summed E-state index contributed by atoms with van der Waals surface area (Å²) in [6, 6.07) is -1.04. The first-order valence-corrected chi connectivity index (χ1v) is 6.35. The molecule has 1 aliphatic heterocycles. The fourth-order valence-electron chi connectivity index (χ4n) is 1.83. The van der Waals surface area contributed by atoms with Gasteiger partial charge in [-0.25, -0.2) is 4.79 Å². The summed E-state index contributed by atoms with van der Waals surface area (Å²) < 4.78 is 5.27. The molecule has 0 saturated carbocycles. The van der Waals surface area contributed by atoms with Crippen LogP contribution in [0.3, 0.4) is 0 Å². The van der Waals surface area contributed by atoms with Gasteiger partial charge in [-0.15, -0.1) is 0 Å². The lowest BCUT2D eigenvalue weighted by Gasteiger charge is -2.37. The standard InChI is InChI=1S/C13H22N2O4/c1-8(16)10-6-15(7-11(14-10)9(2)17)12(18)19-13(3,4)5/h10-11,14H,6-7H2,1-5H3. The highest BCUT2D eigenvalue weighted by atomic mass is 16.6. The van der Waals surface area contributed by atoms with E-state index < -0.39 is 23.8 Å². The first-order valence-electron chi connectivity index (χ1n) is 6.35. The van der Waals surface area contributed by atoms with Crippen LogP contribution in [0, 0.1) is 0 Å². The third-order valence-electron chi connectivity index (χ3n) is 2.84. The largest absolute Gasteiger partial charge is 0.444 e. The minimum atomic E-state index is -0.598. The molecule has 1 fully saturated rings. The van der Waals surface area contributed by atoms with Crippen molar-refractivity contribution in [3.8, 4) is 0 Å². The average Bonchev–Trinajstić information content (AvgIpc) is 2.25. The van der Waals surface area contributed by atoms with Crippen LogP contribution in [0.1, 0.15) is 34.6 Å². The molecule has 6 heteroatoms. The van der Waals surface area contributed by atoms with Crippen molar-refractivity contribution in [3.63, 3.8) is 0 Å². The van der Waals surface area contributed by atoms with E-state index in [0.29, 0.717) is 0 Å². The van der Waals surface area contributed by atoms with E-state index in [1.165, 1.54) is 18.7 Å². The van der Waals surface area contributed by atoms with Crippen molar-refractivity contribution in [2.24, 2.45) is 0 Å². The summed E-state index contributed by atoms with van der Waals surface area (Å²) in [4.78, 5) is 36.4. The molecule has 2 unspecified atom stereocenters. The summed E-state index contributed by atoms with van der Waals surface area (Å²) in [5.41, 5.74) is -0.598. The maximum absolute atomic E-state index is 12.0. The van der Waals surface area contributed by atoms with Crippen molar-refractivity contribution in [1.82, 2.24) is 10.2 Å². The molecule has 0 aromatic carbocycles. The van der Waals surface area contributed by atoms with Crippen LogP contribution >= 0.6 is 0 Å². The molecule has 0 radical (unpaired) electrons. The molecular formula is C13H22N2O4. The zero-order valence-electron chi connectivity index (χ0n) is 12.1. The smallest absolute Gasteiger partial charge is 0.410 e. The van der Waals surface area contributed by atoms with Crippen LogP contribution in [0.5, 0.6) is 0 Å². The molecule has 2 atom stereocenters. The van der Waals surface area contributed by atoms with Gasteiger partial charge in [0, 0.05) is 13.1 Å². The van der Waals surface area contributed by atoms with Gasteiger partial charge in [-0.1, -0.05) is 0 Å². The van der Waals surface area contributed by atoms with Crippen LogP contribution in [0.2, 0.25) is 0 Å². The maximum atomic E-state index is 12.0. The predicted molar refractivity (Wildman–Crippen MR) is 69.9 cm³/mol. The number of Topliss-reactive ketones (excluding diaryl/α,β-unsaturated/α-hetero) is 2. The Bertz CT molecular complexity index is 365. The summed E-state index contributed by atoms with van der Waals surface area (Å²) in [6.07, 6.45) is -0.494. The molecular weight excluding hydrogens is 248 g/mol. The molecule has 0 aromatic rings. The van der Waals surface area contributed by atoms with E-state index in [0.717, 1.165) is 0 Å². The average molecular weight is 270 g/mol. The fourth-order valence-corrected chi connectivity index (χ4v) is 1.83. The first kappa shape index (κ1) is 15.6. The predicted octanol–water partition coefficient (Wildman–Crippen LogP) is 0.742. The normalized spacial score (nSPS) is 23.9. The third-order valence-corrected chi connectivity index (χ3v) is 2.84. The Morgan fingerprint density at radius 1 is 1.05 bits per heavy atom. The van der Waals surface area contributed by atoms with Gasteiger partial charge in [0.1, 0.15) is 17.2 Å². The molecule has 0 bridgehead atoms. The van der Waals surface area contributed by atoms with Gasteiger partial charge in [-0.2, -0.15) is 0 Å². The molecule has 6 nitrogen and oxygen atoms in total. The number of ketones is 2. The Labute approximate surface area is 113 Å². The Kier molecular flexibility index (Phi) is 4.68. The van der Waals surface area contributed by atoms with Gasteiger partial charge >= 0.3 is 6.09 Å². The molecule has 0 aromatic heterocycles. The monoisotopic (exact) mass is 270 g/mol. The fraction of sp³-hybridized carbons (Fsp3) is 0.769. The van der Waals surface area contributed by atoms with E-state index in [1.807, 2.05) is 0 Å². The minimum absolute atomic E-state index is 0.0977. The van der Waals surface area contributed by atoms with Crippen LogP contribution in [0.4, 0.5) is 4.79 Å². The van der Waals surface area contributed by atoms with Crippen molar-refractivity contribution in [2.45, 2.75) is 52.3 Å². The van der Waals surface area contributed by atoms with Gasteiger partial charge in [0.15, 0.2) is 0 Å². The number of carbonyl (C=O) groups excluding carboxylic acids is 3. The first-order chi connectivity index (χ1) is 8.60. The Balaban J connectivity index is 2.79. The van der Waals surface area contributed by atoms with Gasteiger partial charge < -0.3 is 9.64 Å². The number of amides is 1. The van der Waals surface area contributed by atoms with E-state index in [2.05, 4.69) is 5.32 Å². The van der Waals surface area contributed by atoms with Crippen LogP contribution in [-0.4, -0.2) is 53.3 Å². The summed E-state index contributed by atoms with van der Waals surface area (Å²) in [7, 11) is 0. The maximum Gasteiger partial charge on any atom is 0.410 e. The number of carbonyl (C=O) groups is 3. The molecule has 0 spiro atoms. The highest BCUT2D eigenvalue weighted by molar-refractivity contribution is 5.87.